The first-order chi connectivity index (χ1) is 17.1. The van der Waals surface area contributed by atoms with Crippen molar-refractivity contribution >= 4 is 32.3 Å². The summed E-state index contributed by atoms with van der Waals surface area (Å²) in [6.45, 7) is 4.55. The molecule has 3 heteroatoms. The van der Waals surface area contributed by atoms with Crippen LogP contribution in [0.2, 0.25) is 0 Å². The lowest BCUT2D eigenvalue weighted by Gasteiger charge is -2.22. The van der Waals surface area contributed by atoms with Crippen LogP contribution in [0.1, 0.15) is 25.0 Å². The summed E-state index contributed by atoms with van der Waals surface area (Å²) in [6, 6.07) is 33.6. The van der Waals surface area contributed by atoms with Gasteiger partial charge in [-0.25, -0.2) is 0 Å². The fraction of sp³-hybridized carbons (Fsp3) is 0.0938. The second-order valence-corrected chi connectivity index (χ2v) is 10.7. The lowest BCUT2D eigenvalue weighted by atomic mass is 9.82. The van der Waals surface area contributed by atoms with Crippen molar-refractivity contribution in [3.05, 3.63) is 124 Å². The van der Waals surface area contributed by atoms with Gasteiger partial charge in [0.05, 0.1) is 10.9 Å². The van der Waals surface area contributed by atoms with E-state index < -0.39 is 0 Å². The Morgan fingerprint density at radius 3 is 2.29 bits per heavy atom. The number of benzene rings is 4. The first kappa shape index (κ1) is 20.4. The molecule has 0 unspecified atom stereocenters. The quantitative estimate of drug-likeness (QED) is 0.251. The molecule has 0 N–H and O–H groups in total. The molecule has 2 nitrogen and oxygen atoms in total. The third-order valence-electron chi connectivity index (χ3n) is 7.51. The Labute approximate surface area is 207 Å². The van der Waals surface area contributed by atoms with Crippen molar-refractivity contribution in [3.8, 4) is 27.9 Å². The summed E-state index contributed by atoms with van der Waals surface area (Å²) in [6.07, 6.45) is 0. The van der Waals surface area contributed by atoms with Crippen LogP contribution in [-0.4, -0.2) is 4.57 Å². The van der Waals surface area contributed by atoms with Crippen LogP contribution in [-0.2, 0) is 5.41 Å². The molecular formula is C32H23NOS. The van der Waals surface area contributed by atoms with Gasteiger partial charge in [-0.15, -0.1) is 11.3 Å². The van der Waals surface area contributed by atoms with Crippen molar-refractivity contribution in [2.45, 2.75) is 19.3 Å². The van der Waals surface area contributed by atoms with Crippen LogP contribution in [0.25, 0.3) is 48.9 Å². The molecule has 0 aliphatic heterocycles. The van der Waals surface area contributed by atoms with Gasteiger partial charge in [0, 0.05) is 32.1 Å². The van der Waals surface area contributed by atoms with Crippen molar-refractivity contribution in [1.29, 1.82) is 0 Å². The van der Waals surface area contributed by atoms with Gasteiger partial charge in [-0.3, -0.25) is 9.36 Å². The number of thiophene rings is 1. The van der Waals surface area contributed by atoms with E-state index in [1.165, 1.54) is 22.3 Å². The molecule has 1 aliphatic rings. The summed E-state index contributed by atoms with van der Waals surface area (Å²) in [5.41, 5.74) is 8.99. The summed E-state index contributed by atoms with van der Waals surface area (Å²) in [7, 11) is 0. The van der Waals surface area contributed by atoms with Crippen LogP contribution in [0.15, 0.2) is 107 Å². The SMILES string of the molecule is CC1(C)c2ccccc2-c2ccc(-n3c(=O)c4c(-c5ccccc5)csc4c4ccccc43)cc21. The van der Waals surface area contributed by atoms with Crippen LogP contribution >= 0.6 is 11.3 Å². The first-order valence-electron chi connectivity index (χ1n) is 11.9. The second kappa shape index (κ2) is 7.27. The van der Waals surface area contributed by atoms with E-state index in [0.717, 1.165) is 37.8 Å². The number of hydrogen-bond donors (Lipinski definition) is 0. The van der Waals surface area contributed by atoms with Gasteiger partial charge in [-0.1, -0.05) is 92.7 Å². The van der Waals surface area contributed by atoms with Crippen LogP contribution in [0.5, 0.6) is 0 Å². The van der Waals surface area contributed by atoms with Gasteiger partial charge in [0.25, 0.3) is 5.56 Å². The number of para-hydroxylation sites is 1. The number of pyridine rings is 1. The molecule has 0 atom stereocenters. The van der Waals surface area contributed by atoms with Gasteiger partial charge in [0.1, 0.15) is 0 Å². The Morgan fingerprint density at radius 1 is 0.714 bits per heavy atom. The maximum atomic E-state index is 14.2. The van der Waals surface area contributed by atoms with Gasteiger partial charge in [-0.05, 0) is 46.0 Å². The summed E-state index contributed by atoms with van der Waals surface area (Å²) in [4.78, 5) is 14.2. The Kier molecular flexibility index (Phi) is 4.24. The smallest absolute Gasteiger partial charge is 0.264 e. The number of rotatable bonds is 2. The zero-order chi connectivity index (χ0) is 23.7. The standard InChI is InChI=1S/C32H23NOS/c1-32(2)26-14-8-6-12-22(26)23-17-16-21(18-27(23)32)33-28-15-9-7-13-24(28)30-29(31(33)34)25(19-35-30)20-10-4-3-5-11-20/h3-19H,1-2H3. The Morgan fingerprint density at radius 2 is 1.43 bits per heavy atom. The summed E-state index contributed by atoms with van der Waals surface area (Å²) < 4.78 is 2.96. The second-order valence-electron chi connectivity index (χ2n) is 9.78. The normalized spacial score (nSPS) is 13.8. The zero-order valence-electron chi connectivity index (χ0n) is 19.6. The number of hydrogen-bond acceptors (Lipinski definition) is 2. The van der Waals surface area contributed by atoms with E-state index in [-0.39, 0.29) is 11.0 Å². The predicted molar refractivity (Wildman–Crippen MR) is 148 cm³/mol. The first-order valence-corrected chi connectivity index (χ1v) is 12.8. The average molecular weight is 470 g/mol. The highest BCUT2D eigenvalue weighted by Gasteiger charge is 2.35. The largest absolute Gasteiger partial charge is 0.276 e. The lowest BCUT2D eigenvalue weighted by molar-refractivity contribution is 0.659. The molecule has 168 valence electrons. The minimum atomic E-state index is -0.122. The molecule has 0 spiro atoms. The van der Waals surface area contributed by atoms with Crippen LogP contribution in [0, 0.1) is 0 Å². The topological polar surface area (TPSA) is 22.0 Å². The van der Waals surface area contributed by atoms with Crippen molar-refractivity contribution in [1.82, 2.24) is 4.57 Å². The third-order valence-corrected chi connectivity index (χ3v) is 8.52. The van der Waals surface area contributed by atoms with Gasteiger partial charge >= 0.3 is 0 Å². The van der Waals surface area contributed by atoms with Gasteiger partial charge in [0.15, 0.2) is 0 Å². The molecule has 7 rings (SSSR count). The van der Waals surface area contributed by atoms with Gasteiger partial charge < -0.3 is 0 Å². The average Bonchev–Trinajstić information content (AvgIpc) is 3.44. The minimum Gasteiger partial charge on any atom is -0.276 e. The summed E-state index contributed by atoms with van der Waals surface area (Å²) in [5, 5.41) is 4.03. The number of nitrogens with zero attached hydrogens (tertiary/aromatic N) is 1. The van der Waals surface area contributed by atoms with Crippen molar-refractivity contribution in [3.63, 3.8) is 0 Å². The highest BCUT2D eigenvalue weighted by atomic mass is 32.1. The fourth-order valence-corrected chi connectivity index (χ4v) is 6.87. The summed E-state index contributed by atoms with van der Waals surface area (Å²) >= 11 is 1.65. The lowest BCUT2D eigenvalue weighted by Crippen LogP contribution is -2.20. The van der Waals surface area contributed by atoms with E-state index in [2.05, 4.69) is 92.0 Å². The van der Waals surface area contributed by atoms with Crippen LogP contribution < -0.4 is 5.56 Å². The Balaban J connectivity index is 1.56. The van der Waals surface area contributed by atoms with Crippen LogP contribution in [0.4, 0.5) is 0 Å². The van der Waals surface area contributed by atoms with Gasteiger partial charge in [0.2, 0.25) is 0 Å². The van der Waals surface area contributed by atoms with Gasteiger partial charge in [-0.2, -0.15) is 0 Å². The molecular weight excluding hydrogens is 446 g/mol. The maximum Gasteiger partial charge on any atom is 0.264 e. The molecule has 6 aromatic rings. The molecule has 2 heterocycles. The van der Waals surface area contributed by atoms with Crippen molar-refractivity contribution in [2.24, 2.45) is 0 Å². The predicted octanol–water partition coefficient (Wildman–Crippen LogP) is 8.18. The molecule has 4 aromatic carbocycles. The molecule has 0 amide bonds. The minimum absolute atomic E-state index is 0.0343. The van der Waals surface area contributed by atoms with E-state index in [0.29, 0.717) is 0 Å². The monoisotopic (exact) mass is 469 g/mol. The van der Waals surface area contributed by atoms with E-state index in [1.54, 1.807) is 11.3 Å². The molecule has 1 aliphatic carbocycles. The molecule has 35 heavy (non-hydrogen) atoms. The Hall–Kier alpha value is -3.95. The van der Waals surface area contributed by atoms with Crippen LogP contribution in [0.3, 0.4) is 0 Å². The molecule has 0 saturated carbocycles. The number of fused-ring (bicyclic) bond motifs is 6. The molecule has 2 aromatic heterocycles. The molecule has 0 fully saturated rings. The maximum absolute atomic E-state index is 14.2. The molecule has 0 saturated heterocycles. The highest BCUT2D eigenvalue weighted by Crippen LogP contribution is 2.49. The van der Waals surface area contributed by atoms with E-state index in [4.69, 9.17) is 0 Å². The molecule has 0 bridgehead atoms. The highest BCUT2D eigenvalue weighted by molar-refractivity contribution is 7.18. The van der Waals surface area contributed by atoms with E-state index in [1.807, 2.05) is 28.8 Å². The van der Waals surface area contributed by atoms with Crippen molar-refractivity contribution in [2.75, 3.05) is 0 Å². The van der Waals surface area contributed by atoms with E-state index >= 15 is 0 Å². The Bertz CT molecular complexity index is 1840. The van der Waals surface area contributed by atoms with E-state index in [9.17, 15) is 4.79 Å². The summed E-state index contributed by atoms with van der Waals surface area (Å²) in [5.74, 6) is 0. The third kappa shape index (κ3) is 2.79. The fourth-order valence-electron chi connectivity index (χ4n) is 5.77. The molecule has 0 radical (unpaired) electrons. The zero-order valence-corrected chi connectivity index (χ0v) is 20.4. The van der Waals surface area contributed by atoms with Crippen molar-refractivity contribution < 1.29 is 0 Å². The number of aromatic nitrogens is 1.